The number of aromatic nitrogens is 2. The molecule has 0 radical (unpaired) electrons. The van der Waals surface area contributed by atoms with E-state index in [1.807, 2.05) is 51.1 Å². The molecule has 1 fully saturated rings. The second-order valence-electron chi connectivity index (χ2n) is 12.2. The molecule has 6 N–H and O–H groups in total. The van der Waals surface area contributed by atoms with Crippen LogP contribution in [0.25, 0.3) is 22.2 Å². The Bertz CT molecular complexity index is 1810. The molecule has 3 amide bonds. The molecule has 0 saturated heterocycles. The van der Waals surface area contributed by atoms with Crippen molar-refractivity contribution in [1.82, 2.24) is 15.3 Å². The number of oxazole rings is 1. The van der Waals surface area contributed by atoms with Gasteiger partial charge in [0.25, 0.3) is 11.8 Å². The molecule has 5 rings (SSSR count). The monoisotopic (exact) mass is 682 g/mol. The smallest absolute Gasteiger partial charge is 0.406 e. The van der Waals surface area contributed by atoms with E-state index in [2.05, 4.69) is 15.3 Å². The molecule has 0 aliphatic heterocycles. The fourth-order valence-electron chi connectivity index (χ4n) is 5.98. The Morgan fingerprint density at radius 3 is 2.38 bits per heavy atom. The second kappa shape index (κ2) is 15.2. The number of hydrogen-bond acceptors (Lipinski definition) is 8. The summed E-state index contributed by atoms with van der Waals surface area (Å²) in [6, 6.07) is 13.0. The molecule has 4 aromatic rings. The lowest BCUT2D eigenvalue weighted by molar-refractivity contribution is -0.130. The van der Waals surface area contributed by atoms with Gasteiger partial charge in [0.15, 0.2) is 5.58 Å². The number of H-pyrrole nitrogens is 1. The van der Waals surface area contributed by atoms with E-state index in [0.717, 1.165) is 34.4 Å². The number of carbonyl (C=O) groups excluding carboxylic acids is 3. The van der Waals surface area contributed by atoms with Crippen molar-refractivity contribution in [3.63, 3.8) is 0 Å². The Kier molecular flexibility index (Phi) is 11.6. The van der Waals surface area contributed by atoms with Crippen LogP contribution in [-0.4, -0.2) is 46.3 Å². The Morgan fingerprint density at radius 1 is 1.09 bits per heavy atom. The first-order chi connectivity index (χ1) is 21.9. The number of nitrogens with two attached hydrogens (primary N) is 2. The number of pyridine rings is 1. The van der Waals surface area contributed by atoms with Crippen LogP contribution in [0.1, 0.15) is 61.3 Å². The zero-order valence-electron chi connectivity index (χ0n) is 26.5. The summed E-state index contributed by atoms with van der Waals surface area (Å²) in [5.74, 6) is -1.89. The number of aryl methyl sites for hydroxylation is 1. The number of fused-ring (bicyclic) bond motifs is 1. The molecule has 2 heterocycles. The van der Waals surface area contributed by atoms with Gasteiger partial charge in [-0.15, -0.1) is 12.4 Å². The van der Waals surface area contributed by atoms with E-state index in [9.17, 15) is 19.2 Å². The number of halogens is 2. The summed E-state index contributed by atoms with van der Waals surface area (Å²) in [6.45, 7) is 6.19. The highest BCUT2D eigenvalue weighted by Gasteiger charge is 2.35. The second-order valence-corrected chi connectivity index (χ2v) is 12.7. The van der Waals surface area contributed by atoms with Crippen molar-refractivity contribution < 1.29 is 18.8 Å². The van der Waals surface area contributed by atoms with E-state index in [1.165, 1.54) is 12.1 Å². The molecular formula is C34H40Cl2N6O5. The van der Waals surface area contributed by atoms with Crippen LogP contribution in [0.4, 0.5) is 5.69 Å². The van der Waals surface area contributed by atoms with Crippen molar-refractivity contribution in [2.75, 3.05) is 11.4 Å². The van der Waals surface area contributed by atoms with Crippen LogP contribution in [0, 0.1) is 18.8 Å². The molecule has 11 nitrogen and oxygen atoms in total. The number of imide groups is 1. The van der Waals surface area contributed by atoms with Crippen molar-refractivity contribution in [3.8, 4) is 11.1 Å². The largest absolute Gasteiger partial charge is 0.417 e. The minimum absolute atomic E-state index is 0. The number of amides is 3. The molecule has 0 spiro atoms. The van der Waals surface area contributed by atoms with Gasteiger partial charge < -0.3 is 21.2 Å². The van der Waals surface area contributed by atoms with Gasteiger partial charge in [0.05, 0.1) is 22.3 Å². The molecule has 1 aliphatic carbocycles. The molecule has 1 atom stereocenters. The SMILES string of the molecule is Cc1nc(C(=O)NC(C)C)ccc1-c1ccc(C[C@H](N)C(=O)N(c2cc(Cl)c3oc(=O)[nH]c3c2)C(=O)[C@H]2CC[C@H](CN)CC2)cc1.Cl. The predicted octanol–water partition coefficient (Wildman–Crippen LogP) is 4.90. The number of benzene rings is 2. The molecule has 1 saturated carbocycles. The first-order valence-electron chi connectivity index (χ1n) is 15.5. The van der Waals surface area contributed by atoms with Gasteiger partial charge >= 0.3 is 5.76 Å². The summed E-state index contributed by atoms with van der Waals surface area (Å²) in [6.07, 6.45) is 2.98. The lowest BCUT2D eigenvalue weighted by atomic mass is 9.81. The van der Waals surface area contributed by atoms with Crippen molar-refractivity contribution in [3.05, 3.63) is 81.1 Å². The Balaban J connectivity index is 0.00000500. The highest BCUT2D eigenvalue weighted by Crippen LogP contribution is 2.34. The molecular weight excluding hydrogens is 643 g/mol. The number of nitrogens with zero attached hydrogens (tertiary/aromatic N) is 2. The molecule has 47 heavy (non-hydrogen) atoms. The van der Waals surface area contributed by atoms with Crippen LogP contribution in [0.2, 0.25) is 5.02 Å². The maximum atomic E-state index is 14.0. The van der Waals surface area contributed by atoms with Crippen LogP contribution in [0.3, 0.4) is 0 Å². The van der Waals surface area contributed by atoms with Gasteiger partial charge in [-0.3, -0.25) is 19.4 Å². The summed E-state index contributed by atoms with van der Waals surface area (Å²) < 4.78 is 5.11. The van der Waals surface area contributed by atoms with Crippen molar-refractivity contribution >= 4 is 58.5 Å². The van der Waals surface area contributed by atoms with E-state index in [4.69, 9.17) is 27.5 Å². The number of hydrogen-bond donors (Lipinski definition) is 4. The summed E-state index contributed by atoms with van der Waals surface area (Å²) >= 11 is 6.41. The van der Waals surface area contributed by atoms with Crippen molar-refractivity contribution in [2.45, 2.75) is 65.0 Å². The number of aromatic amines is 1. The average molecular weight is 684 g/mol. The zero-order chi connectivity index (χ0) is 33.1. The van der Waals surface area contributed by atoms with Crippen molar-refractivity contribution in [2.24, 2.45) is 23.3 Å². The summed E-state index contributed by atoms with van der Waals surface area (Å²) in [4.78, 5) is 60.3. The number of carbonyl (C=O) groups is 3. The molecule has 13 heteroatoms. The third-order valence-electron chi connectivity index (χ3n) is 8.46. The normalized spacial score (nSPS) is 16.8. The van der Waals surface area contributed by atoms with Crippen molar-refractivity contribution in [1.29, 1.82) is 0 Å². The van der Waals surface area contributed by atoms with Gasteiger partial charge in [0, 0.05) is 23.2 Å². The maximum absolute atomic E-state index is 14.0. The third-order valence-corrected chi connectivity index (χ3v) is 8.74. The van der Waals surface area contributed by atoms with Crippen LogP contribution < -0.4 is 27.4 Å². The average Bonchev–Trinajstić information content (AvgIpc) is 3.42. The number of anilines is 1. The van der Waals surface area contributed by atoms with Gasteiger partial charge in [-0.2, -0.15) is 0 Å². The van der Waals surface area contributed by atoms with E-state index in [0.29, 0.717) is 36.7 Å². The lowest BCUT2D eigenvalue weighted by Gasteiger charge is -2.32. The highest BCUT2D eigenvalue weighted by atomic mass is 35.5. The third kappa shape index (κ3) is 8.10. The Morgan fingerprint density at radius 2 is 1.77 bits per heavy atom. The van der Waals surface area contributed by atoms with Crippen LogP contribution in [0.5, 0.6) is 0 Å². The van der Waals surface area contributed by atoms with Crippen LogP contribution in [-0.2, 0) is 16.0 Å². The molecule has 250 valence electrons. The highest BCUT2D eigenvalue weighted by molar-refractivity contribution is 6.35. The Labute approximate surface area is 283 Å². The summed E-state index contributed by atoms with van der Waals surface area (Å²) in [5.41, 5.74) is 16.6. The first-order valence-corrected chi connectivity index (χ1v) is 15.9. The maximum Gasteiger partial charge on any atom is 0.417 e. The van der Waals surface area contributed by atoms with Gasteiger partial charge in [-0.25, -0.2) is 14.7 Å². The van der Waals surface area contributed by atoms with E-state index < -0.39 is 17.7 Å². The molecule has 0 bridgehead atoms. The molecule has 2 aromatic heterocycles. The van der Waals surface area contributed by atoms with Crippen LogP contribution in [0.15, 0.2) is 57.7 Å². The summed E-state index contributed by atoms with van der Waals surface area (Å²) in [5, 5.41) is 2.93. The molecule has 0 unspecified atom stereocenters. The zero-order valence-corrected chi connectivity index (χ0v) is 28.1. The quantitative estimate of drug-likeness (QED) is 0.193. The van der Waals surface area contributed by atoms with Gasteiger partial charge in [-0.05, 0) is 94.7 Å². The fraction of sp³-hybridized carbons (Fsp3) is 0.382. The van der Waals surface area contributed by atoms with Gasteiger partial charge in [-0.1, -0.05) is 41.9 Å². The minimum atomic E-state index is -1.05. The Hall–Kier alpha value is -4.03. The predicted molar refractivity (Wildman–Crippen MR) is 185 cm³/mol. The fourth-order valence-corrected chi connectivity index (χ4v) is 6.23. The minimum Gasteiger partial charge on any atom is -0.406 e. The number of nitrogens with one attached hydrogen (secondary N) is 2. The molecule has 2 aromatic carbocycles. The van der Waals surface area contributed by atoms with Gasteiger partial charge in [0.2, 0.25) is 5.91 Å². The van der Waals surface area contributed by atoms with E-state index >= 15 is 0 Å². The standard InChI is InChI=1S/C34H39ClN6O5.ClH/c1-18(2)38-31(42)28-13-12-25(19(3)39-28)22-8-4-20(5-9-22)14-27(37)33(44)41(32(43)23-10-6-21(17-36)7-11-23)24-15-26(35)30-29(16-24)40-34(45)46-30;/h4-5,8-9,12-13,15-16,18,21,23,27H,6-7,10-11,14,17,36-37H2,1-3H3,(H,38,42)(H,40,45);1H/t21-,23-,27-;/m0./s1. The topological polar surface area (TPSA) is 177 Å². The molecule has 1 aliphatic rings. The first kappa shape index (κ1) is 35.8. The van der Waals surface area contributed by atoms with E-state index in [1.54, 1.807) is 6.07 Å². The summed E-state index contributed by atoms with van der Waals surface area (Å²) in [7, 11) is 0. The van der Waals surface area contributed by atoms with Crippen LogP contribution >= 0.6 is 24.0 Å². The lowest BCUT2D eigenvalue weighted by Crippen LogP contribution is -2.50. The van der Waals surface area contributed by atoms with Gasteiger partial charge in [0.1, 0.15) is 5.69 Å². The van der Waals surface area contributed by atoms with E-state index in [-0.39, 0.29) is 64.4 Å². The number of rotatable bonds is 9.